The number of nitrogen functional groups attached to an aromatic ring is 1. The number of nitrogens with one attached hydrogen (secondary N) is 1. The molecule has 2 aromatic heterocycles. The zero-order chi connectivity index (χ0) is 29.2. The summed E-state index contributed by atoms with van der Waals surface area (Å²) in [5, 5.41) is 11.7. The number of aliphatic carboxylic acids is 1. The zero-order valence-electron chi connectivity index (χ0n) is 20.8. The fourth-order valence-electron chi connectivity index (χ4n) is 4.12. The summed E-state index contributed by atoms with van der Waals surface area (Å²) >= 11 is 1.49. The molecule has 1 aliphatic rings. The Morgan fingerprint density at radius 1 is 1.23 bits per heavy atom. The molecular weight excluding hydrogens is 573 g/mol. The van der Waals surface area contributed by atoms with Crippen LogP contribution in [-0.2, 0) is 26.2 Å². The van der Waals surface area contributed by atoms with E-state index in [-0.39, 0.29) is 10.8 Å². The molecule has 0 spiro atoms. The Kier molecular flexibility index (Phi) is 8.18. The number of carbonyl (C=O) groups is 2. The standard InChI is InChI=1S/C23H22N4O4S2.C2HF3O2/c1-31-17-4-2-14-3-5-18(11-15(14)10-17)33(29,30)26-20-7-9-27(23(20)28)12-16-13-32-21-19(16)6-8-25-22(21)24;3-2(4,5)1(6)7/h2-6,8,10-11,13,20,26H,7,9,12H2,1H3,(H2,24,25);(H,6,7). The van der Waals surface area contributed by atoms with E-state index in [0.717, 1.165) is 26.4 Å². The number of carbonyl (C=O) groups excluding carboxylic acids is 1. The van der Waals surface area contributed by atoms with Crippen LogP contribution in [-0.4, -0.2) is 61.2 Å². The van der Waals surface area contributed by atoms with E-state index in [1.807, 2.05) is 23.6 Å². The summed E-state index contributed by atoms with van der Waals surface area (Å²) in [6, 6.07) is 11.4. The number of benzene rings is 2. The van der Waals surface area contributed by atoms with Gasteiger partial charge in [-0.25, -0.2) is 18.2 Å². The minimum absolute atomic E-state index is 0.112. The molecule has 1 unspecified atom stereocenters. The molecule has 4 aromatic rings. The number of nitrogens with two attached hydrogens (primary N) is 1. The second-order valence-electron chi connectivity index (χ2n) is 8.73. The predicted octanol–water partition coefficient (Wildman–Crippen LogP) is 3.75. The average Bonchev–Trinajstić information content (AvgIpc) is 3.47. The maximum absolute atomic E-state index is 13.0. The highest BCUT2D eigenvalue weighted by Gasteiger charge is 2.38. The number of likely N-dealkylation sites (tertiary alicyclic amines) is 1. The molecule has 1 amide bonds. The predicted molar refractivity (Wildman–Crippen MR) is 142 cm³/mol. The Bertz CT molecular complexity index is 1690. The van der Waals surface area contributed by atoms with Crippen molar-refractivity contribution in [3.63, 3.8) is 0 Å². The van der Waals surface area contributed by atoms with E-state index in [1.54, 1.807) is 42.5 Å². The third-order valence-corrected chi connectivity index (χ3v) is 8.66. The van der Waals surface area contributed by atoms with Gasteiger partial charge in [-0.2, -0.15) is 17.9 Å². The maximum Gasteiger partial charge on any atom is 0.490 e. The van der Waals surface area contributed by atoms with E-state index >= 15 is 0 Å². The lowest BCUT2D eigenvalue weighted by Crippen LogP contribution is -2.41. The van der Waals surface area contributed by atoms with Gasteiger partial charge in [0.05, 0.1) is 16.7 Å². The third-order valence-electron chi connectivity index (χ3n) is 6.12. The number of carboxylic acid groups (broad SMARTS) is 1. The van der Waals surface area contributed by atoms with Crippen LogP contribution < -0.4 is 15.2 Å². The lowest BCUT2D eigenvalue weighted by Gasteiger charge is -2.17. The summed E-state index contributed by atoms with van der Waals surface area (Å²) in [4.78, 5) is 27.8. The fourth-order valence-corrected chi connectivity index (χ4v) is 6.34. The normalized spacial score (nSPS) is 15.8. The van der Waals surface area contributed by atoms with E-state index in [0.29, 0.717) is 31.1 Å². The Hall–Kier alpha value is -3.95. The molecule has 0 aliphatic carbocycles. The summed E-state index contributed by atoms with van der Waals surface area (Å²) in [6.45, 7) is 0.870. The highest BCUT2D eigenvalue weighted by Crippen LogP contribution is 2.31. The number of nitrogens with zero attached hydrogens (tertiary/aromatic N) is 2. The first-order chi connectivity index (χ1) is 18.8. The number of alkyl halides is 3. The lowest BCUT2D eigenvalue weighted by atomic mass is 10.1. The Balaban J connectivity index is 0.000000470. The molecular formula is C25H23F3N4O6S2. The molecule has 1 aliphatic heterocycles. The molecule has 0 saturated carbocycles. The largest absolute Gasteiger partial charge is 0.497 e. The van der Waals surface area contributed by atoms with Crippen LogP contribution in [0.15, 0.2) is 58.9 Å². The molecule has 5 rings (SSSR count). The SMILES string of the molecule is COc1ccc2ccc(S(=O)(=O)NC3CCN(Cc4csc5c(N)nccc45)C3=O)cc2c1.O=C(O)C(F)(F)F. The summed E-state index contributed by atoms with van der Waals surface area (Å²) in [7, 11) is -2.31. The summed E-state index contributed by atoms with van der Waals surface area (Å²) in [5.41, 5.74) is 6.91. The quantitative estimate of drug-likeness (QED) is 0.304. The van der Waals surface area contributed by atoms with Gasteiger partial charge < -0.3 is 20.5 Å². The summed E-state index contributed by atoms with van der Waals surface area (Å²) in [6.07, 6.45) is -3.03. The van der Waals surface area contributed by atoms with Crippen LogP contribution in [0.25, 0.3) is 20.9 Å². The van der Waals surface area contributed by atoms with Crippen LogP contribution in [0, 0.1) is 0 Å². The first-order valence-electron chi connectivity index (χ1n) is 11.6. The van der Waals surface area contributed by atoms with E-state index in [1.165, 1.54) is 11.3 Å². The number of aromatic nitrogens is 1. The number of fused-ring (bicyclic) bond motifs is 2. The van der Waals surface area contributed by atoms with Crippen LogP contribution in [0.2, 0.25) is 0 Å². The van der Waals surface area contributed by atoms with Gasteiger partial charge in [-0.1, -0.05) is 12.1 Å². The minimum atomic E-state index is -5.08. The summed E-state index contributed by atoms with van der Waals surface area (Å²) < 4.78 is 66.5. The fraction of sp³-hybridized carbons (Fsp3) is 0.240. The Morgan fingerprint density at radius 2 is 1.93 bits per heavy atom. The molecule has 15 heteroatoms. The van der Waals surface area contributed by atoms with Crippen LogP contribution >= 0.6 is 11.3 Å². The number of amides is 1. The number of sulfonamides is 1. The topological polar surface area (TPSA) is 152 Å². The third kappa shape index (κ3) is 6.26. The molecule has 40 heavy (non-hydrogen) atoms. The molecule has 1 atom stereocenters. The van der Waals surface area contributed by atoms with Crippen molar-refractivity contribution in [2.75, 3.05) is 19.4 Å². The van der Waals surface area contributed by atoms with Gasteiger partial charge in [0.1, 0.15) is 17.6 Å². The maximum atomic E-state index is 13.0. The van der Waals surface area contributed by atoms with Crippen LogP contribution in [0.4, 0.5) is 19.0 Å². The molecule has 1 saturated heterocycles. The minimum Gasteiger partial charge on any atom is -0.497 e. The molecule has 0 radical (unpaired) electrons. The molecule has 1 fully saturated rings. The van der Waals surface area contributed by atoms with Crippen molar-refractivity contribution in [2.45, 2.75) is 30.1 Å². The molecule has 4 N–H and O–H groups in total. The van der Waals surface area contributed by atoms with Crippen molar-refractivity contribution in [1.29, 1.82) is 0 Å². The van der Waals surface area contributed by atoms with Crippen molar-refractivity contribution in [1.82, 2.24) is 14.6 Å². The van der Waals surface area contributed by atoms with Gasteiger partial charge >= 0.3 is 12.1 Å². The van der Waals surface area contributed by atoms with Gasteiger partial charge in [0.2, 0.25) is 15.9 Å². The second kappa shape index (κ2) is 11.3. The van der Waals surface area contributed by atoms with E-state index in [4.69, 9.17) is 20.4 Å². The van der Waals surface area contributed by atoms with Crippen molar-refractivity contribution < 1.29 is 41.0 Å². The van der Waals surface area contributed by atoms with Gasteiger partial charge in [0.25, 0.3) is 0 Å². The Labute approximate surface area is 230 Å². The first-order valence-corrected chi connectivity index (χ1v) is 14.0. The average molecular weight is 597 g/mol. The zero-order valence-corrected chi connectivity index (χ0v) is 22.4. The van der Waals surface area contributed by atoms with Gasteiger partial charge in [0.15, 0.2) is 0 Å². The Morgan fingerprint density at radius 3 is 2.60 bits per heavy atom. The number of ether oxygens (including phenoxy) is 1. The van der Waals surface area contributed by atoms with Crippen molar-refractivity contribution in [2.24, 2.45) is 0 Å². The van der Waals surface area contributed by atoms with Gasteiger partial charge in [-0.15, -0.1) is 11.3 Å². The number of halogens is 3. The van der Waals surface area contributed by atoms with E-state index < -0.39 is 28.2 Å². The molecule has 212 valence electrons. The van der Waals surface area contributed by atoms with Gasteiger partial charge in [0, 0.05) is 24.7 Å². The number of hydrogen-bond acceptors (Lipinski definition) is 8. The van der Waals surface area contributed by atoms with Crippen LogP contribution in [0.5, 0.6) is 5.75 Å². The summed E-state index contributed by atoms with van der Waals surface area (Å²) in [5.74, 6) is -1.88. The van der Waals surface area contributed by atoms with Crippen molar-refractivity contribution in [3.05, 3.63) is 59.6 Å². The molecule has 2 aromatic carbocycles. The number of hydrogen-bond donors (Lipinski definition) is 3. The van der Waals surface area contributed by atoms with Crippen LogP contribution in [0.1, 0.15) is 12.0 Å². The lowest BCUT2D eigenvalue weighted by molar-refractivity contribution is -0.192. The smallest absolute Gasteiger partial charge is 0.490 e. The molecule has 0 bridgehead atoms. The number of anilines is 1. The van der Waals surface area contributed by atoms with E-state index in [9.17, 15) is 26.4 Å². The number of pyridine rings is 1. The van der Waals surface area contributed by atoms with Crippen LogP contribution in [0.3, 0.4) is 0 Å². The number of carboxylic acids is 1. The number of methoxy groups -OCH3 is 1. The van der Waals surface area contributed by atoms with Crippen molar-refractivity contribution >= 4 is 59.9 Å². The monoisotopic (exact) mass is 596 g/mol. The van der Waals surface area contributed by atoms with Gasteiger partial charge in [-0.05, 0) is 58.5 Å². The van der Waals surface area contributed by atoms with Crippen molar-refractivity contribution in [3.8, 4) is 5.75 Å². The van der Waals surface area contributed by atoms with Gasteiger partial charge in [-0.3, -0.25) is 4.79 Å². The first kappa shape index (κ1) is 29.0. The highest BCUT2D eigenvalue weighted by molar-refractivity contribution is 7.89. The molecule has 3 heterocycles. The van der Waals surface area contributed by atoms with E-state index in [2.05, 4.69) is 9.71 Å². The molecule has 10 nitrogen and oxygen atoms in total. The number of thiophene rings is 1. The number of rotatable bonds is 6. The highest BCUT2D eigenvalue weighted by atomic mass is 32.2. The second-order valence-corrected chi connectivity index (χ2v) is 11.3.